The predicted molar refractivity (Wildman–Crippen MR) is 104 cm³/mol. The van der Waals surface area contributed by atoms with Gasteiger partial charge >= 0.3 is 5.97 Å². The van der Waals surface area contributed by atoms with Crippen LogP contribution in [0.2, 0.25) is 0 Å². The van der Waals surface area contributed by atoms with Crippen molar-refractivity contribution < 1.29 is 14.3 Å². The molecule has 10 heteroatoms. The number of nitrogens with zero attached hydrogens (tertiary/aromatic N) is 4. The summed E-state index contributed by atoms with van der Waals surface area (Å²) in [5, 5.41) is 14.3. The zero-order valence-electron chi connectivity index (χ0n) is 15.4. The van der Waals surface area contributed by atoms with Gasteiger partial charge in [-0.2, -0.15) is 0 Å². The quantitative estimate of drug-likeness (QED) is 0.529. The summed E-state index contributed by atoms with van der Waals surface area (Å²) in [6.45, 7) is 2.10. The normalized spacial score (nSPS) is 14.4. The molecule has 8 nitrogen and oxygen atoms in total. The topological polar surface area (TPSA) is 99.0 Å². The van der Waals surface area contributed by atoms with Crippen LogP contribution in [0.4, 0.5) is 5.13 Å². The van der Waals surface area contributed by atoms with Gasteiger partial charge in [0.05, 0.1) is 24.5 Å². The van der Waals surface area contributed by atoms with Crippen molar-refractivity contribution in [2.45, 2.75) is 50.1 Å². The van der Waals surface area contributed by atoms with Gasteiger partial charge in [0.25, 0.3) is 0 Å². The highest BCUT2D eigenvalue weighted by Gasteiger charge is 2.23. The lowest BCUT2D eigenvalue weighted by Crippen LogP contribution is -2.15. The van der Waals surface area contributed by atoms with Gasteiger partial charge in [0.2, 0.25) is 5.91 Å². The van der Waals surface area contributed by atoms with Crippen molar-refractivity contribution in [3.05, 3.63) is 16.9 Å². The van der Waals surface area contributed by atoms with E-state index in [1.807, 2.05) is 11.6 Å². The highest BCUT2D eigenvalue weighted by molar-refractivity contribution is 7.99. The molecule has 3 rings (SSSR count). The number of amides is 1. The third-order valence-corrected chi connectivity index (χ3v) is 6.18. The van der Waals surface area contributed by atoms with Crippen molar-refractivity contribution in [1.82, 2.24) is 19.7 Å². The first-order valence-electron chi connectivity index (χ1n) is 8.98. The Morgan fingerprint density at radius 1 is 1.37 bits per heavy atom. The second-order valence-electron chi connectivity index (χ2n) is 6.34. The summed E-state index contributed by atoms with van der Waals surface area (Å²) in [5.41, 5.74) is 0.593. The van der Waals surface area contributed by atoms with Crippen molar-refractivity contribution in [3.63, 3.8) is 0 Å². The molecule has 1 aliphatic rings. The summed E-state index contributed by atoms with van der Waals surface area (Å²) >= 11 is 2.65. The van der Waals surface area contributed by atoms with Gasteiger partial charge in [-0.1, -0.05) is 24.6 Å². The fourth-order valence-electron chi connectivity index (χ4n) is 3.08. The minimum absolute atomic E-state index is 0.109. The van der Waals surface area contributed by atoms with Crippen LogP contribution >= 0.6 is 23.1 Å². The van der Waals surface area contributed by atoms with Crippen LogP contribution in [-0.2, 0) is 27.8 Å². The summed E-state index contributed by atoms with van der Waals surface area (Å²) in [4.78, 5) is 27.9. The van der Waals surface area contributed by atoms with Gasteiger partial charge in [-0.25, -0.2) is 4.98 Å². The van der Waals surface area contributed by atoms with E-state index in [0.29, 0.717) is 23.4 Å². The molecule has 1 amide bonds. The average Bonchev–Trinajstić information content (AvgIpc) is 3.35. The van der Waals surface area contributed by atoms with Crippen molar-refractivity contribution in [2.75, 3.05) is 17.7 Å². The minimum Gasteiger partial charge on any atom is -0.466 e. The third kappa shape index (κ3) is 5.29. The molecule has 0 radical (unpaired) electrons. The largest absolute Gasteiger partial charge is 0.466 e. The number of hydrogen-bond donors (Lipinski definition) is 1. The van der Waals surface area contributed by atoms with Gasteiger partial charge < -0.3 is 14.6 Å². The van der Waals surface area contributed by atoms with Gasteiger partial charge in [-0.15, -0.1) is 21.5 Å². The maximum atomic E-state index is 12.2. The van der Waals surface area contributed by atoms with Crippen LogP contribution in [0, 0.1) is 0 Å². The number of carbonyl (C=O) groups excluding carboxylic acids is 2. The number of thiazole rings is 1. The van der Waals surface area contributed by atoms with Gasteiger partial charge in [0, 0.05) is 18.3 Å². The molecule has 2 aromatic heterocycles. The first kappa shape index (κ1) is 19.8. The molecule has 1 aliphatic carbocycles. The molecule has 146 valence electrons. The van der Waals surface area contributed by atoms with E-state index in [2.05, 4.69) is 20.5 Å². The smallest absolute Gasteiger partial charge is 0.311 e. The Morgan fingerprint density at radius 3 is 2.89 bits per heavy atom. The molecule has 0 aromatic carbocycles. The summed E-state index contributed by atoms with van der Waals surface area (Å²) in [6.07, 6.45) is 4.92. The van der Waals surface area contributed by atoms with Crippen LogP contribution < -0.4 is 5.32 Å². The lowest BCUT2D eigenvalue weighted by molar-refractivity contribution is -0.142. The standard InChI is InChI=1S/C17H23N5O3S2/c1-3-25-14(24)8-12-9-26-16(18-12)19-13(23)10-27-17-21-20-15(22(17)2)11-6-4-5-7-11/h9,11H,3-8,10H2,1-2H3,(H,18,19,23). The summed E-state index contributed by atoms with van der Waals surface area (Å²) < 4.78 is 6.89. The lowest BCUT2D eigenvalue weighted by Gasteiger charge is -2.08. The monoisotopic (exact) mass is 409 g/mol. The molecule has 1 fully saturated rings. The zero-order chi connectivity index (χ0) is 19.2. The molecule has 0 bridgehead atoms. The number of rotatable bonds is 8. The number of hydrogen-bond acceptors (Lipinski definition) is 8. The van der Waals surface area contributed by atoms with Gasteiger partial charge in [-0.3, -0.25) is 9.59 Å². The van der Waals surface area contributed by atoms with Crippen molar-refractivity contribution in [3.8, 4) is 0 Å². The maximum Gasteiger partial charge on any atom is 0.311 e. The average molecular weight is 410 g/mol. The molecule has 0 unspecified atom stereocenters. The van der Waals surface area contributed by atoms with Crippen molar-refractivity contribution in [1.29, 1.82) is 0 Å². The van der Waals surface area contributed by atoms with Crippen LogP contribution in [0.25, 0.3) is 0 Å². The fraction of sp³-hybridized carbons (Fsp3) is 0.588. The van der Waals surface area contributed by atoms with E-state index in [1.165, 1.54) is 35.9 Å². The van der Waals surface area contributed by atoms with Crippen LogP contribution in [-0.4, -0.2) is 44.0 Å². The van der Waals surface area contributed by atoms with Gasteiger partial charge in [0.15, 0.2) is 10.3 Å². The molecule has 2 aromatic rings. The zero-order valence-corrected chi connectivity index (χ0v) is 17.1. The number of anilines is 1. The Hall–Kier alpha value is -1.94. The Labute approximate surface area is 166 Å². The fourth-order valence-corrected chi connectivity index (χ4v) is 4.53. The number of nitrogens with one attached hydrogen (secondary N) is 1. The molecule has 27 heavy (non-hydrogen) atoms. The number of carbonyl (C=O) groups is 2. The molecule has 0 saturated heterocycles. The molecule has 1 saturated carbocycles. The number of ether oxygens (including phenoxy) is 1. The van der Waals surface area contributed by atoms with E-state index in [9.17, 15) is 9.59 Å². The van der Waals surface area contributed by atoms with Crippen LogP contribution in [0.15, 0.2) is 10.5 Å². The minimum atomic E-state index is -0.323. The molecule has 0 aliphatic heterocycles. The number of thioether (sulfide) groups is 1. The van der Waals surface area contributed by atoms with E-state index in [4.69, 9.17) is 4.74 Å². The Kier molecular flexibility index (Phi) is 6.84. The van der Waals surface area contributed by atoms with Crippen LogP contribution in [0.3, 0.4) is 0 Å². The first-order valence-corrected chi connectivity index (χ1v) is 10.8. The summed E-state index contributed by atoms with van der Waals surface area (Å²) in [7, 11) is 1.95. The third-order valence-electron chi connectivity index (χ3n) is 4.35. The molecular weight excluding hydrogens is 386 g/mol. The van der Waals surface area contributed by atoms with Crippen LogP contribution in [0.1, 0.15) is 50.0 Å². The Morgan fingerprint density at radius 2 is 2.15 bits per heavy atom. The number of aromatic nitrogens is 4. The van der Waals surface area contributed by atoms with Crippen molar-refractivity contribution in [2.24, 2.45) is 7.05 Å². The van der Waals surface area contributed by atoms with E-state index >= 15 is 0 Å². The predicted octanol–water partition coefficient (Wildman–Crippen LogP) is 2.77. The van der Waals surface area contributed by atoms with E-state index < -0.39 is 0 Å². The van der Waals surface area contributed by atoms with E-state index in [0.717, 1.165) is 23.8 Å². The number of esters is 1. The van der Waals surface area contributed by atoms with E-state index in [1.54, 1.807) is 12.3 Å². The lowest BCUT2D eigenvalue weighted by atomic mass is 10.1. The maximum absolute atomic E-state index is 12.2. The Bertz CT molecular complexity index is 798. The highest BCUT2D eigenvalue weighted by atomic mass is 32.2. The van der Waals surface area contributed by atoms with Gasteiger partial charge in [-0.05, 0) is 19.8 Å². The summed E-state index contributed by atoms with van der Waals surface area (Å²) in [5.74, 6) is 1.24. The highest BCUT2D eigenvalue weighted by Crippen LogP contribution is 2.33. The van der Waals surface area contributed by atoms with Crippen LogP contribution in [0.5, 0.6) is 0 Å². The molecular formula is C17H23N5O3S2. The second-order valence-corrected chi connectivity index (χ2v) is 8.14. The molecule has 0 atom stereocenters. The summed E-state index contributed by atoms with van der Waals surface area (Å²) in [6, 6.07) is 0. The SMILES string of the molecule is CCOC(=O)Cc1csc(NC(=O)CSc2nnc(C3CCCC3)n2C)n1. The van der Waals surface area contributed by atoms with Gasteiger partial charge in [0.1, 0.15) is 5.82 Å². The second kappa shape index (κ2) is 9.32. The first-order chi connectivity index (χ1) is 13.1. The molecule has 1 N–H and O–H groups in total. The molecule has 2 heterocycles. The Balaban J connectivity index is 1.49. The van der Waals surface area contributed by atoms with E-state index in [-0.39, 0.29) is 24.1 Å². The molecule has 0 spiro atoms. The van der Waals surface area contributed by atoms with Crippen molar-refractivity contribution >= 4 is 40.1 Å².